The maximum atomic E-state index is 12.8. The quantitative estimate of drug-likeness (QED) is 0.807. The van der Waals surface area contributed by atoms with E-state index < -0.39 is 23.7 Å². The van der Waals surface area contributed by atoms with Crippen molar-refractivity contribution in [2.45, 2.75) is 12.5 Å². The molecule has 0 saturated carbocycles. The summed E-state index contributed by atoms with van der Waals surface area (Å²) in [7, 11) is 1.24. The van der Waals surface area contributed by atoms with Crippen LogP contribution < -0.4 is 5.32 Å². The Morgan fingerprint density at radius 3 is 2.67 bits per heavy atom. The zero-order chi connectivity index (χ0) is 15.2. The van der Waals surface area contributed by atoms with Crippen LogP contribution in [-0.4, -0.2) is 35.0 Å². The van der Waals surface area contributed by atoms with Crippen LogP contribution in [0.4, 0.5) is 4.39 Å². The molecule has 21 heavy (non-hydrogen) atoms. The number of amides is 1. The molecule has 2 aromatic rings. The van der Waals surface area contributed by atoms with E-state index in [4.69, 9.17) is 0 Å². The molecule has 0 aliphatic carbocycles. The molecule has 0 bridgehead atoms. The zero-order valence-corrected chi connectivity index (χ0v) is 11.3. The summed E-state index contributed by atoms with van der Waals surface area (Å²) >= 11 is 0. The molecule has 6 nitrogen and oxygen atoms in total. The van der Waals surface area contributed by atoms with Crippen LogP contribution >= 0.6 is 0 Å². The molecule has 110 valence electrons. The second kappa shape index (κ2) is 6.65. The number of rotatable bonds is 5. The van der Waals surface area contributed by atoms with Crippen LogP contribution in [0.5, 0.6) is 0 Å². The highest BCUT2D eigenvalue weighted by molar-refractivity contribution is 5.96. The number of aromatic nitrogens is 2. The van der Waals surface area contributed by atoms with Crippen molar-refractivity contribution >= 4 is 11.9 Å². The van der Waals surface area contributed by atoms with Crippen molar-refractivity contribution in [1.29, 1.82) is 0 Å². The molecular formula is C14H14FN3O3. The van der Waals surface area contributed by atoms with E-state index in [0.717, 1.165) is 0 Å². The molecule has 0 radical (unpaired) electrons. The smallest absolute Gasteiger partial charge is 0.328 e. The van der Waals surface area contributed by atoms with Crippen LogP contribution in [0.15, 0.2) is 36.8 Å². The third kappa shape index (κ3) is 3.88. The zero-order valence-electron chi connectivity index (χ0n) is 11.3. The Labute approximate surface area is 120 Å². The van der Waals surface area contributed by atoms with Gasteiger partial charge in [-0.1, -0.05) is 0 Å². The number of ether oxygens (including phenoxy) is 1. The molecule has 1 unspecified atom stereocenters. The highest BCUT2D eigenvalue weighted by Crippen LogP contribution is 2.05. The highest BCUT2D eigenvalue weighted by Gasteiger charge is 2.23. The molecular weight excluding hydrogens is 277 g/mol. The number of aromatic amines is 1. The number of imidazole rings is 1. The lowest BCUT2D eigenvalue weighted by molar-refractivity contribution is -0.142. The Hall–Kier alpha value is -2.70. The summed E-state index contributed by atoms with van der Waals surface area (Å²) in [6.45, 7) is 0. The maximum absolute atomic E-state index is 12.8. The topological polar surface area (TPSA) is 84.1 Å². The molecule has 1 heterocycles. The number of nitrogens with one attached hydrogen (secondary N) is 2. The van der Waals surface area contributed by atoms with Crippen molar-refractivity contribution in [2.24, 2.45) is 0 Å². The predicted molar refractivity (Wildman–Crippen MR) is 72.0 cm³/mol. The Kier molecular flexibility index (Phi) is 4.65. The second-order valence-electron chi connectivity index (χ2n) is 4.34. The minimum Gasteiger partial charge on any atom is -0.467 e. The van der Waals surface area contributed by atoms with E-state index >= 15 is 0 Å². The molecule has 0 spiro atoms. The van der Waals surface area contributed by atoms with Gasteiger partial charge in [-0.3, -0.25) is 4.79 Å². The summed E-state index contributed by atoms with van der Waals surface area (Å²) in [5.74, 6) is -1.49. The molecule has 0 saturated heterocycles. The number of esters is 1. The summed E-state index contributed by atoms with van der Waals surface area (Å²) < 4.78 is 17.5. The maximum Gasteiger partial charge on any atom is 0.328 e. The number of hydrogen-bond acceptors (Lipinski definition) is 4. The van der Waals surface area contributed by atoms with Crippen LogP contribution in [0, 0.1) is 5.82 Å². The number of H-pyrrole nitrogens is 1. The van der Waals surface area contributed by atoms with Crippen molar-refractivity contribution in [2.75, 3.05) is 7.11 Å². The Bertz CT molecular complexity index is 611. The fourth-order valence-electron chi connectivity index (χ4n) is 1.79. The van der Waals surface area contributed by atoms with Crippen molar-refractivity contribution in [3.63, 3.8) is 0 Å². The Morgan fingerprint density at radius 1 is 1.38 bits per heavy atom. The van der Waals surface area contributed by atoms with E-state index in [-0.39, 0.29) is 12.0 Å². The number of carbonyl (C=O) groups excluding carboxylic acids is 2. The van der Waals surface area contributed by atoms with Gasteiger partial charge in [0.25, 0.3) is 5.91 Å². The first-order chi connectivity index (χ1) is 10.1. The molecule has 7 heteroatoms. The Morgan fingerprint density at radius 2 is 2.10 bits per heavy atom. The van der Waals surface area contributed by atoms with Crippen LogP contribution in [-0.2, 0) is 16.0 Å². The number of carbonyl (C=O) groups is 2. The minimum absolute atomic E-state index is 0.222. The van der Waals surface area contributed by atoms with Gasteiger partial charge >= 0.3 is 5.97 Å². The molecule has 1 amide bonds. The largest absolute Gasteiger partial charge is 0.467 e. The first-order valence-electron chi connectivity index (χ1n) is 6.21. The van der Waals surface area contributed by atoms with Gasteiger partial charge in [0, 0.05) is 23.9 Å². The van der Waals surface area contributed by atoms with Gasteiger partial charge in [-0.2, -0.15) is 0 Å². The number of halogens is 1. The van der Waals surface area contributed by atoms with Crippen LogP contribution in [0.3, 0.4) is 0 Å². The van der Waals surface area contributed by atoms with Gasteiger partial charge in [-0.05, 0) is 24.3 Å². The van der Waals surface area contributed by atoms with E-state index in [1.807, 2.05) is 0 Å². The van der Waals surface area contributed by atoms with Crippen molar-refractivity contribution in [1.82, 2.24) is 15.3 Å². The number of methoxy groups -OCH3 is 1. The molecule has 1 aromatic heterocycles. The van der Waals surface area contributed by atoms with E-state index in [1.165, 1.54) is 37.7 Å². The average molecular weight is 291 g/mol. The lowest BCUT2D eigenvalue weighted by atomic mass is 10.1. The normalized spacial score (nSPS) is 11.7. The van der Waals surface area contributed by atoms with E-state index in [9.17, 15) is 14.0 Å². The van der Waals surface area contributed by atoms with Crippen LogP contribution in [0.1, 0.15) is 16.1 Å². The molecule has 0 aliphatic heterocycles. The lowest BCUT2D eigenvalue weighted by Crippen LogP contribution is -2.43. The fourth-order valence-corrected chi connectivity index (χ4v) is 1.79. The molecule has 1 atom stereocenters. The van der Waals surface area contributed by atoms with E-state index in [2.05, 4.69) is 20.0 Å². The van der Waals surface area contributed by atoms with Crippen LogP contribution in [0.2, 0.25) is 0 Å². The van der Waals surface area contributed by atoms with Gasteiger partial charge in [-0.15, -0.1) is 0 Å². The third-order valence-electron chi connectivity index (χ3n) is 2.88. The summed E-state index contributed by atoms with van der Waals surface area (Å²) in [5, 5.41) is 2.56. The monoisotopic (exact) mass is 291 g/mol. The molecule has 2 rings (SSSR count). The predicted octanol–water partition coefficient (Wildman–Crippen LogP) is 1.06. The fraction of sp³-hybridized carbons (Fsp3) is 0.214. The number of nitrogens with zero attached hydrogens (tertiary/aromatic N) is 1. The first kappa shape index (κ1) is 14.7. The van der Waals surface area contributed by atoms with Gasteiger partial charge in [0.05, 0.1) is 13.4 Å². The summed E-state index contributed by atoms with van der Waals surface area (Å²) in [4.78, 5) is 30.5. The molecule has 1 aromatic carbocycles. The molecule has 0 aliphatic rings. The van der Waals surface area contributed by atoms with Gasteiger partial charge in [-0.25, -0.2) is 14.2 Å². The first-order valence-corrected chi connectivity index (χ1v) is 6.21. The summed E-state index contributed by atoms with van der Waals surface area (Å²) in [6.07, 6.45) is 3.26. The molecule has 2 N–H and O–H groups in total. The van der Waals surface area contributed by atoms with Gasteiger partial charge < -0.3 is 15.0 Å². The summed E-state index contributed by atoms with van der Waals surface area (Å²) in [5.41, 5.74) is 0.944. The lowest BCUT2D eigenvalue weighted by Gasteiger charge is -2.15. The highest BCUT2D eigenvalue weighted by atomic mass is 19.1. The van der Waals surface area contributed by atoms with Crippen molar-refractivity contribution in [3.8, 4) is 0 Å². The number of hydrogen-bond donors (Lipinski definition) is 2. The SMILES string of the molecule is COC(=O)C(Cc1cnc[nH]1)NC(=O)c1ccc(F)cc1. The van der Waals surface area contributed by atoms with E-state index in [0.29, 0.717) is 5.69 Å². The minimum atomic E-state index is -0.854. The second-order valence-corrected chi connectivity index (χ2v) is 4.34. The van der Waals surface area contributed by atoms with Crippen molar-refractivity contribution in [3.05, 3.63) is 53.9 Å². The van der Waals surface area contributed by atoms with Crippen molar-refractivity contribution < 1.29 is 18.7 Å². The van der Waals surface area contributed by atoms with Gasteiger partial charge in [0.15, 0.2) is 0 Å². The van der Waals surface area contributed by atoms with Gasteiger partial charge in [0.2, 0.25) is 0 Å². The summed E-state index contributed by atoms with van der Waals surface area (Å²) in [6, 6.07) is 4.19. The third-order valence-corrected chi connectivity index (χ3v) is 2.88. The standard InChI is InChI=1S/C14H14FN3O3/c1-21-14(20)12(6-11-7-16-8-17-11)18-13(19)9-2-4-10(15)5-3-9/h2-5,7-8,12H,6H2,1H3,(H,16,17)(H,18,19). The Balaban J connectivity index is 2.09. The number of benzene rings is 1. The van der Waals surface area contributed by atoms with Gasteiger partial charge in [0.1, 0.15) is 11.9 Å². The van der Waals surface area contributed by atoms with Crippen LogP contribution in [0.25, 0.3) is 0 Å². The van der Waals surface area contributed by atoms with E-state index in [1.54, 1.807) is 6.20 Å². The average Bonchev–Trinajstić information content (AvgIpc) is 2.99. The molecule has 0 fully saturated rings.